The number of nitrogens with one attached hydrogen (secondary N) is 1. The van der Waals surface area contributed by atoms with Crippen molar-refractivity contribution in [1.82, 2.24) is 19.0 Å². The molecule has 1 aliphatic rings. The van der Waals surface area contributed by atoms with Gasteiger partial charge in [0.1, 0.15) is 6.04 Å². The van der Waals surface area contributed by atoms with Crippen molar-refractivity contribution in [3.63, 3.8) is 0 Å². The normalized spacial score (nSPS) is 17.7. The molecule has 1 N–H and O–H groups in total. The molecule has 1 unspecified atom stereocenters. The molecular formula is C20H29N5O3S. The number of hydrogen-bond acceptors (Lipinski definition) is 5. The highest BCUT2D eigenvalue weighted by Gasteiger charge is 2.39. The van der Waals surface area contributed by atoms with Crippen molar-refractivity contribution < 1.29 is 13.2 Å². The van der Waals surface area contributed by atoms with Crippen molar-refractivity contribution >= 4 is 21.6 Å². The fraction of sp³-hybridized carbons (Fsp3) is 0.500. The first kappa shape index (κ1) is 21.5. The second kappa shape index (κ2) is 9.51. The fourth-order valence-electron chi connectivity index (χ4n) is 3.58. The van der Waals surface area contributed by atoms with Gasteiger partial charge < -0.3 is 10.2 Å². The monoisotopic (exact) mass is 419 g/mol. The summed E-state index contributed by atoms with van der Waals surface area (Å²) in [7, 11) is -3.70. The average Bonchev–Trinajstić information content (AvgIpc) is 3.39. The quantitative estimate of drug-likeness (QED) is 0.672. The third-order valence-corrected chi connectivity index (χ3v) is 7.22. The molecule has 158 valence electrons. The van der Waals surface area contributed by atoms with E-state index in [1.807, 2.05) is 0 Å². The minimum absolute atomic E-state index is 0.212. The van der Waals surface area contributed by atoms with Crippen molar-refractivity contribution in [1.29, 1.82) is 0 Å². The van der Waals surface area contributed by atoms with Gasteiger partial charge in [-0.2, -0.15) is 9.40 Å². The van der Waals surface area contributed by atoms with E-state index < -0.39 is 16.1 Å². The van der Waals surface area contributed by atoms with E-state index in [0.717, 1.165) is 26.2 Å². The fourth-order valence-corrected chi connectivity index (χ4v) is 5.25. The van der Waals surface area contributed by atoms with Crippen molar-refractivity contribution in [3.05, 3.63) is 42.7 Å². The van der Waals surface area contributed by atoms with Crippen LogP contribution in [-0.4, -0.2) is 65.5 Å². The number of sulfonamides is 1. The van der Waals surface area contributed by atoms with E-state index in [0.29, 0.717) is 25.1 Å². The summed E-state index contributed by atoms with van der Waals surface area (Å²) in [5.41, 5.74) is 0.582. The van der Waals surface area contributed by atoms with E-state index >= 15 is 0 Å². The second-order valence-corrected chi connectivity index (χ2v) is 8.99. The minimum atomic E-state index is -3.70. The van der Waals surface area contributed by atoms with Crippen LogP contribution in [0, 0.1) is 0 Å². The number of hydrogen-bond donors (Lipinski definition) is 1. The maximum Gasteiger partial charge on any atom is 0.243 e. The van der Waals surface area contributed by atoms with Gasteiger partial charge in [-0.1, -0.05) is 32.0 Å². The van der Waals surface area contributed by atoms with Crippen molar-refractivity contribution in [2.45, 2.75) is 44.2 Å². The minimum Gasteiger partial charge on any atom is -0.322 e. The van der Waals surface area contributed by atoms with Crippen LogP contribution in [0.4, 0.5) is 5.69 Å². The highest BCUT2D eigenvalue weighted by atomic mass is 32.2. The molecule has 8 nitrogen and oxygen atoms in total. The Kier molecular flexibility index (Phi) is 7.05. The van der Waals surface area contributed by atoms with Gasteiger partial charge in [-0.3, -0.25) is 9.48 Å². The van der Waals surface area contributed by atoms with Gasteiger partial charge in [0.05, 0.1) is 23.3 Å². The van der Waals surface area contributed by atoms with Crippen LogP contribution in [0.1, 0.15) is 26.7 Å². The number of nitrogens with zero attached hydrogens (tertiary/aromatic N) is 4. The lowest BCUT2D eigenvalue weighted by atomic mass is 10.2. The molecule has 1 atom stereocenters. The molecule has 1 amide bonds. The third-order valence-electron chi connectivity index (χ3n) is 5.30. The molecule has 0 spiro atoms. The van der Waals surface area contributed by atoms with Gasteiger partial charge in [-0.25, -0.2) is 8.42 Å². The highest BCUT2D eigenvalue weighted by molar-refractivity contribution is 7.89. The molecule has 1 aliphatic heterocycles. The summed E-state index contributed by atoms with van der Waals surface area (Å²) in [6.07, 6.45) is 4.55. The van der Waals surface area contributed by atoms with Crippen LogP contribution in [0.2, 0.25) is 0 Å². The van der Waals surface area contributed by atoms with E-state index in [9.17, 15) is 13.2 Å². The predicted octanol–water partition coefficient (Wildman–Crippen LogP) is 2.02. The number of carbonyl (C=O) groups excluding carboxylic acids is 1. The first-order chi connectivity index (χ1) is 14.0. The zero-order chi connectivity index (χ0) is 20.9. The van der Waals surface area contributed by atoms with Crippen molar-refractivity contribution in [3.8, 4) is 0 Å². The van der Waals surface area contributed by atoms with Crippen molar-refractivity contribution in [2.24, 2.45) is 0 Å². The number of anilines is 1. The lowest BCUT2D eigenvalue weighted by Crippen LogP contribution is -2.43. The summed E-state index contributed by atoms with van der Waals surface area (Å²) in [5, 5.41) is 7.13. The van der Waals surface area contributed by atoms with E-state index in [4.69, 9.17) is 0 Å². The summed E-state index contributed by atoms with van der Waals surface area (Å²) in [6, 6.07) is 7.55. The molecule has 0 radical (unpaired) electrons. The van der Waals surface area contributed by atoms with E-state index in [2.05, 4.69) is 29.2 Å². The standard InChI is InChI=1S/C20H29N5O3S/c1-3-23(4-2)13-14-24-16-17(15-21-24)22-20(26)19-11-8-12-25(19)29(27,28)18-9-6-5-7-10-18/h5-7,9-10,15-16,19H,3-4,8,11-14H2,1-2H3,(H,22,26). The second-order valence-electron chi connectivity index (χ2n) is 7.10. The zero-order valence-corrected chi connectivity index (χ0v) is 17.8. The van der Waals surface area contributed by atoms with Crippen LogP contribution in [-0.2, 0) is 21.4 Å². The number of benzene rings is 1. The van der Waals surface area contributed by atoms with Crippen LogP contribution in [0.25, 0.3) is 0 Å². The maximum absolute atomic E-state index is 12.9. The van der Waals surface area contributed by atoms with Crippen LogP contribution < -0.4 is 5.32 Å². The maximum atomic E-state index is 12.9. The topological polar surface area (TPSA) is 87.5 Å². The van der Waals surface area contributed by atoms with Gasteiger partial charge in [0.25, 0.3) is 0 Å². The molecule has 0 aliphatic carbocycles. The molecular weight excluding hydrogens is 390 g/mol. The Morgan fingerprint density at radius 1 is 1.24 bits per heavy atom. The number of aromatic nitrogens is 2. The Bertz CT molecular complexity index is 909. The Hall–Kier alpha value is -2.23. The van der Waals surface area contributed by atoms with E-state index in [1.54, 1.807) is 47.4 Å². The first-order valence-electron chi connectivity index (χ1n) is 10.1. The Morgan fingerprint density at radius 3 is 2.66 bits per heavy atom. The largest absolute Gasteiger partial charge is 0.322 e. The van der Waals surface area contributed by atoms with E-state index in [-0.39, 0.29) is 10.8 Å². The Balaban J connectivity index is 1.65. The summed E-state index contributed by atoms with van der Waals surface area (Å²) in [4.78, 5) is 15.3. The molecule has 1 aromatic heterocycles. The van der Waals surface area contributed by atoms with Crippen molar-refractivity contribution in [2.75, 3.05) is 31.5 Å². The Morgan fingerprint density at radius 2 is 1.97 bits per heavy atom. The molecule has 1 fully saturated rings. The number of likely N-dealkylation sites (N-methyl/N-ethyl adjacent to an activating group) is 1. The van der Waals surface area contributed by atoms with Crippen LogP contribution in [0.15, 0.2) is 47.6 Å². The van der Waals surface area contributed by atoms with Gasteiger partial charge in [0.2, 0.25) is 15.9 Å². The number of carbonyl (C=O) groups is 1. The lowest BCUT2D eigenvalue weighted by molar-refractivity contribution is -0.119. The molecule has 3 rings (SSSR count). The predicted molar refractivity (Wildman–Crippen MR) is 112 cm³/mol. The van der Waals surface area contributed by atoms with Gasteiger partial charge >= 0.3 is 0 Å². The van der Waals surface area contributed by atoms with Crippen LogP contribution in [0.3, 0.4) is 0 Å². The van der Waals surface area contributed by atoms with Crippen LogP contribution >= 0.6 is 0 Å². The number of rotatable bonds is 9. The lowest BCUT2D eigenvalue weighted by Gasteiger charge is -2.23. The summed E-state index contributed by atoms with van der Waals surface area (Å²) < 4.78 is 29.0. The number of amides is 1. The molecule has 1 aromatic carbocycles. The molecule has 1 saturated heterocycles. The van der Waals surface area contributed by atoms with Gasteiger partial charge in [-0.15, -0.1) is 0 Å². The van der Waals surface area contributed by atoms with Gasteiger partial charge in [0, 0.05) is 19.3 Å². The first-order valence-corrected chi connectivity index (χ1v) is 11.5. The summed E-state index contributed by atoms with van der Waals surface area (Å²) in [5.74, 6) is -0.315. The SMILES string of the molecule is CCN(CC)CCn1cc(NC(=O)C2CCCN2S(=O)(=O)c2ccccc2)cn1. The molecule has 2 heterocycles. The Labute approximate surface area is 172 Å². The van der Waals surface area contributed by atoms with Gasteiger partial charge in [0.15, 0.2) is 0 Å². The molecule has 2 aromatic rings. The zero-order valence-electron chi connectivity index (χ0n) is 17.0. The molecule has 29 heavy (non-hydrogen) atoms. The van der Waals surface area contributed by atoms with E-state index in [1.165, 1.54) is 4.31 Å². The highest BCUT2D eigenvalue weighted by Crippen LogP contribution is 2.26. The summed E-state index contributed by atoms with van der Waals surface area (Å²) in [6.45, 7) is 8.16. The molecule has 0 saturated carbocycles. The summed E-state index contributed by atoms with van der Waals surface area (Å²) >= 11 is 0. The van der Waals surface area contributed by atoms with Crippen LogP contribution in [0.5, 0.6) is 0 Å². The average molecular weight is 420 g/mol. The smallest absolute Gasteiger partial charge is 0.243 e. The molecule has 9 heteroatoms. The van der Waals surface area contributed by atoms with Gasteiger partial charge in [-0.05, 0) is 38.1 Å². The molecule has 0 bridgehead atoms. The third kappa shape index (κ3) is 5.04.